The van der Waals surface area contributed by atoms with Crippen LogP contribution in [0.4, 0.5) is 0 Å². The zero-order valence-electron chi connectivity index (χ0n) is 6.92. The summed E-state index contributed by atoms with van der Waals surface area (Å²) in [7, 11) is 0. The summed E-state index contributed by atoms with van der Waals surface area (Å²) in [6.45, 7) is 7.30. The number of hydrogen-bond acceptors (Lipinski definition) is 1. The van der Waals surface area contributed by atoms with Gasteiger partial charge in [0.25, 0.3) is 0 Å². The Hall–Kier alpha value is -0.820. The molecule has 0 N–H and O–H groups in total. The molecular formula is C10H14O. The molecule has 0 aliphatic carbocycles. The van der Waals surface area contributed by atoms with E-state index in [9.17, 15) is 0 Å². The number of rotatable bonds is 2. The fraction of sp³-hybridized carbons (Fsp3) is 0.400. The SMILES string of the molecule is C=C/C=C/C1COC/C1=C/C. The largest absolute Gasteiger partial charge is 0.376 e. The molecule has 0 bridgehead atoms. The fourth-order valence-electron chi connectivity index (χ4n) is 1.21. The third-order valence-corrected chi connectivity index (χ3v) is 1.89. The van der Waals surface area contributed by atoms with Crippen molar-refractivity contribution in [2.45, 2.75) is 6.92 Å². The summed E-state index contributed by atoms with van der Waals surface area (Å²) in [5.41, 5.74) is 1.38. The maximum Gasteiger partial charge on any atom is 0.0683 e. The molecule has 1 aliphatic heterocycles. The monoisotopic (exact) mass is 150 g/mol. The van der Waals surface area contributed by atoms with Crippen molar-refractivity contribution in [3.63, 3.8) is 0 Å². The van der Waals surface area contributed by atoms with Crippen molar-refractivity contribution in [2.75, 3.05) is 13.2 Å². The molecule has 11 heavy (non-hydrogen) atoms. The Balaban J connectivity index is 2.57. The van der Waals surface area contributed by atoms with Crippen molar-refractivity contribution in [2.24, 2.45) is 5.92 Å². The van der Waals surface area contributed by atoms with Gasteiger partial charge in [0.1, 0.15) is 0 Å². The summed E-state index contributed by atoms with van der Waals surface area (Å²) in [4.78, 5) is 0. The number of hydrogen-bond donors (Lipinski definition) is 0. The highest BCUT2D eigenvalue weighted by Gasteiger charge is 2.17. The molecule has 0 radical (unpaired) electrons. The normalized spacial score (nSPS) is 28.5. The van der Waals surface area contributed by atoms with E-state index in [1.165, 1.54) is 5.57 Å². The third kappa shape index (κ3) is 2.05. The molecule has 0 amide bonds. The third-order valence-electron chi connectivity index (χ3n) is 1.89. The molecule has 1 nitrogen and oxygen atoms in total. The molecular weight excluding hydrogens is 136 g/mol. The zero-order valence-corrected chi connectivity index (χ0v) is 6.92. The second-order valence-corrected chi connectivity index (χ2v) is 2.61. The van der Waals surface area contributed by atoms with Crippen LogP contribution in [0.3, 0.4) is 0 Å². The van der Waals surface area contributed by atoms with Crippen molar-refractivity contribution < 1.29 is 4.74 Å². The van der Waals surface area contributed by atoms with Gasteiger partial charge in [-0.1, -0.05) is 30.9 Å². The topological polar surface area (TPSA) is 9.23 Å². The first kappa shape index (κ1) is 8.28. The molecule has 0 aromatic carbocycles. The summed E-state index contributed by atoms with van der Waals surface area (Å²) >= 11 is 0. The van der Waals surface area contributed by atoms with E-state index >= 15 is 0 Å². The number of allylic oxidation sites excluding steroid dienone is 3. The molecule has 1 aliphatic rings. The summed E-state index contributed by atoms with van der Waals surface area (Å²) in [6, 6.07) is 0. The Bertz CT molecular complexity index is 189. The van der Waals surface area contributed by atoms with E-state index in [2.05, 4.69) is 25.7 Å². The van der Waals surface area contributed by atoms with Crippen molar-refractivity contribution in [1.29, 1.82) is 0 Å². The molecule has 1 fully saturated rings. The van der Waals surface area contributed by atoms with Gasteiger partial charge in [-0.05, 0) is 12.5 Å². The molecule has 1 rings (SSSR count). The Morgan fingerprint density at radius 1 is 1.64 bits per heavy atom. The van der Waals surface area contributed by atoms with Gasteiger partial charge in [0, 0.05) is 5.92 Å². The van der Waals surface area contributed by atoms with Gasteiger partial charge in [-0.25, -0.2) is 0 Å². The van der Waals surface area contributed by atoms with Gasteiger partial charge in [-0.2, -0.15) is 0 Å². The van der Waals surface area contributed by atoms with Gasteiger partial charge in [-0.3, -0.25) is 0 Å². The molecule has 1 atom stereocenters. The van der Waals surface area contributed by atoms with Crippen LogP contribution in [0, 0.1) is 5.92 Å². The molecule has 0 aromatic heterocycles. The predicted molar refractivity (Wildman–Crippen MR) is 47.4 cm³/mol. The van der Waals surface area contributed by atoms with E-state index < -0.39 is 0 Å². The van der Waals surface area contributed by atoms with Crippen LogP contribution in [-0.4, -0.2) is 13.2 Å². The Morgan fingerprint density at radius 2 is 2.45 bits per heavy atom. The maximum absolute atomic E-state index is 5.30. The minimum Gasteiger partial charge on any atom is -0.376 e. The maximum atomic E-state index is 5.30. The van der Waals surface area contributed by atoms with E-state index in [1.807, 2.05) is 6.08 Å². The van der Waals surface area contributed by atoms with Crippen LogP contribution < -0.4 is 0 Å². The lowest BCUT2D eigenvalue weighted by molar-refractivity contribution is 0.195. The Labute approximate surface area is 68.1 Å². The predicted octanol–water partition coefficient (Wildman–Crippen LogP) is 2.32. The van der Waals surface area contributed by atoms with E-state index in [0.29, 0.717) is 5.92 Å². The van der Waals surface area contributed by atoms with Crippen molar-refractivity contribution >= 4 is 0 Å². The summed E-state index contributed by atoms with van der Waals surface area (Å²) in [6.07, 6.45) is 8.04. The lowest BCUT2D eigenvalue weighted by Gasteiger charge is -2.00. The van der Waals surface area contributed by atoms with Crippen molar-refractivity contribution in [3.05, 3.63) is 36.5 Å². The minimum atomic E-state index is 0.484. The highest BCUT2D eigenvalue weighted by atomic mass is 16.5. The first-order chi connectivity index (χ1) is 5.38. The van der Waals surface area contributed by atoms with Gasteiger partial charge in [0.2, 0.25) is 0 Å². The van der Waals surface area contributed by atoms with Gasteiger partial charge in [0.05, 0.1) is 13.2 Å². The van der Waals surface area contributed by atoms with Gasteiger partial charge < -0.3 is 4.74 Å². The lowest BCUT2D eigenvalue weighted by atomic mass is 10.0. The summed E-state index contributed by atoms with van der Waals surface area (Å²) in [5.74, 6) is 0.484. The first-order valence-corrected chi connectivity index (χ1v) is 3.90. The van der Waals surface area contributed by atoms with Crippen molar-refractivity contribution in [3.8, 4) is 0 Å². The van der Waals surface area contributed by atoms with Crippen LogP contribution in [-0.2, 0) is 4.74 Å². The molecule has 0 spiro atoms. The van der Waals surface area contributed by atoms with Crippen molar-refractivity contribution in [1.82, 2.24) is 0 Å². The van der Waals surface area contributed by atoms with Crippen LogP contribution >= 0.6 is 0 Å². The highest BCUT2D eigenvalue weighted by molar-refractivity contribution is 5.18. The quantitative estimate of drug-likeness (QED) is 0.433. The van der Waals surface area contributed by atoms with Gasteiger partial charge in [-0.15, -0.1) is 0 Å². The first-order valence-electron chi connectivity index (χ1n) is 3.90. The Morgan fingerprint density at radius 3 is 3.09 bits per heavy atom. The van der Waals surface area contributed by atoms with Crippen LogP contribution in [0.5, 0.6) is 0 Å². The highest BCUT2D eigenvalue weighted by Crippen LogP contribution is 2.20. The van der Waals surface area contributed by atoms with Gasteiger partial charge in [0.15, 0.2) is 0 Å². The van der Waals surface area contributed by atoms with E-state index in [1.54, 1.807) is 6.08 Å². The molecule has 1 heteroatoms. The average Bonchev–Trinajstić information content (AvgIpc) is 2.47. The van der Waals surface area contributed by atoms with E-state index in [-0.39, 0.29) is 0 Å². The van der Waals surface area contributed by atoms with Crippen LogP contribution in [0.2, 0.25) is 0 Å². The van der Waals surface area contributed by atoms with Gasteiger partial charge >= 0.3 is 0 Å². The minimum absolute atomic E-state index is 0.484. The van der Waals surface area contributed by atoms with E-state index in [4.69, 9.17) is 4.74 Å². The number of ether oxygens (including phenoxy) is 1. The average molecular weight is 150 g/mol. The lowest BCUT2D eigenvalue weighted by Crippen LogP contribution is -1.96. The molecule has 0 saturated carbocycles. The zero-order chi connectivity index (χ0) is 8.10. The second-order valence-electron chi connectivity index (χ2n) is 2.61. The molecule has 1 heterocycles. The Kier molecular flexibility index (Phi) is 3.12. The van der Waals surface area contributed by atoms with Crippen LogP contribution in [0.15, 0.2) is 36.5 Å². The fourth-order valence-corrected chi connectivity index (χ4v) is 1.21. The molecule has 1 unspecified atom stereocenters. The molecule has 0 aromatic rings. The summed E-state index contributed by atoms with van der Waals surface area (Å²) < 4.78 is 5.30. The smallest absolute Gasteiger partial charge is 0.0683 e. The summed E-state index contributed by atoms with van der Waals surface area (Å²) in [5, 5.41) is 0. The van der Waals surface area contributed by atoms with E-state index in [0.717, 1.165) is 13.2 Å². The standard InChI is InChI=1S/C10H14O/c1-3-5-6-10-8-11-7-9(10)4-2/h3-6,10H,1,7-8H2,2H3/b6-5+,9-4-. The van der Waals surface area contributed by atoms with Crippen LogP contribution in [0.25, 0.3) is 0 Å². The second kappa shape index (κ2) is 4.14. The molecule has 60 valence electrons. The molecule has 1 saturated heterocycles. The van der Waals surface area contributed by atoms with Crippen LogP contribution in [0.1, 0.15) is 6.92 Å².